The third-order valence-electron chi connectivity index (χ3n) is 4.09. The summed E-state index contributed by atoms with van der Waals surface area (Å²) < 4.78 is 0. The summed E-state index contributed by atoms with van der Waals surface area (Å²) in [4.78, 5) is 13.8. The summed E-state index contributed by atoms with van der Waals surface area (Å²) in [5.74, 6) is -0.892. The first-order valence-corrected chi connectivity index (χ1v) is 6.83. The van der Waals surface area contributed by atoms with Crippen LogP contribution in [0.4, 0.5) is 0 Å². The number of rotatable bonds is 2. The van der Waals surface area contributed by atoms with E-state index in [9.17, 15) is 9.90 Å². The highest BCUT2D eigenvalue weighted by atomic mass is 16.4. The van der Waals surface area contributed by atoms with Gasteiger partial charge in [0.1, 0.15) is 0 Å². The molecule has 2 atom stereocenters. The molecule has 0 amide bonds. The van der Waals surface area contributed by atoms with Crippen molar-refractivity contribution in [2.24, 2.45) is 5.92 Å². The van der Waals surface area contributed by atoms with Crippen molar-refractivity contribution in [2.45, 2.75) is 39.2 Å². The molecule has 1 aromatic carbocycles. The van der Waals surface area contributed by atoms with Crippen molar-refractivity contribution in [1.82, 2.24) is 4.90 Å². The number of carbonyl (C=O) groups is 1. The van der Waals surface area contributed by atoms with Gasteiger partial charge in [-0.15, -0.1) is 0 Å². The highest BCUT2D eigenvalue weighted by Gasteiger charge is 2.41. The van der Waals surface area contributed by atoms with Crippen LogP contribution in [0.2, 0.25) is 0 Å². The quantitative estimate of drug-likeness (QED) is 0.890. The van der Waals surface area contributed by atoms with Crippen molar-refractivity contribution in [3.8, 4) is 0 Å². The van der Waals surface area contributed by atoms with E-state index < -0.39 is 5.97 Å². The van der Waals surface area contributed by atoms with Gasteiger partial charge in [-0.25, -0.2) is 0 Å². The Labute approximate surface area is 115 Å². The largest absolute Gasteiger partial charge is 0.481 e. The number of hydrogen-bond acceptors (Lipinski definition) is 2. The van der Waals surface area contributed by atoms with E-state index in [1.54, 1.807) is 0 Å². The fourth-order valence-corrected chi connectivity index (χ4v) is 2.75. The summed E-state index contributed by atoms with van der Waals surface area (Å²) in [6, 6.07) is 8.27. The van der Waals surface area contributed by atoms with E-state index in [1.807, 2.05) is 0 Å². The highest BCUT2D eigenvalue weighted by Crippen LogP contribution is 2.36. The van der Waals surface area contributed by atoms with E-state index in [0.29, 0.717) is 6.54 Å². The van der Waals surface area contributed by atoms with Gasteiger partial charge < -0.3 is 5.11 Å². The molecule has 1 aliphatic rings. The molecular weight excluding hydrogens is 238 g/mol. The van der Waals surface area contributed by atoms with Gasteiger partial charge in [-0.3, -0.25) is 9.69 Å². The van der Waals surface area contributed by atoms with E-state index in [1.165, 1.54) is 5.56 Å². The Morgan fingerprint density at radius 2 is 1.79 bits per heavy atom. The van der Waals surface area contributed by atoms with Crippen LogP contribution in [0.1, 0.15) is 37.8 Å². The van der Waals surface area contributed by atoms with Gasteiger partial charge in [0.2, 0.25) is 0 Å². The summed E-state index contributed by atoms with van der Waals surface area (Å²) in [5.41, 5.74) is 2.37. The van der Waals surface area contributed by atoms with Crippen molar-refractivity contribution < 1.29 is 9.90 Å². The van der Waals surface area contributed by atoms with Gasteiger partial charge in [0.25, 0.3) is 0 Å². The third kappa shape index (κ3) is 2.98. The minimum Gasteiger partial charge on any atom is -0.481 e. The zero-order chi connectivity index (χ0) is 14.2. The highest BCUT2D eigenvalue weighted by molar-refractivity contribution is 5.72. The normalized spacial score (nSPS) is 24.6. The number of aliphatic carboxylic acids is 1. The molecule has 0 spiro atoms. The second kappa shape index (κ2) is 4.97. The molecule has 3 heteroatoms. The predicted molar refractivity (Wildman–Crippen MR) is 76.4 cm³/mol. The van der Waals surface area contributed by atoms with Gasteiger partial charge in [0.15, 0.2) is 0 Å². The van der Waals surface area contributed by atoms with E-state index in [-0.39, 0.29) is 17.4 Å². The average molecular weight is 261 g/mol. The second-order valence-electron chi connectivity index (χ2n) is 6.54. The summed E-state index contributed by atoms with van der Waals surface area (Å²) in [6.45, 7) is 9.94. The maximum Gasteiger partial charge on any atom is 0.308 e. The lowest BCUT2D eigenvalue weighted by molar-refractivity contribution is -0.141. The Hall–Kier alpha value is -1.35. The standard InChI is InChI=1S/C16H23NO2/c1-11-5-7-12(8-6-11)13-9-17(16(2,3)4)10-14(13)15(18)19/h5-8,13-14H,9-10H2,1-4H3,(H,18,19)/t13-,14+/m0/s1. The molecule has 0 aliphatic carbocycles. The topological polar surface area (TPSA) is 40.5 Å². The molecule has 0 aromatic heterocycles. The smallest absolute Gasteiger partial charge is 0.308 e. The Kier molecular flexibility index (Phi) is 3.68. The molecule has 0 bridgehead atoms. The van der Waals surface area contributed by atoms with Crippen molar-refractivity contribution in [3.05, 3.63) is 35.4 Å². The van der Waals surface area contributed by atoms with Crippen LogP contribution in [-0.2, 0) is 4.79 Å². The predicted octanol–water partition coefficient (Wildman–Crippen LogP) is 2.89. The number of hydrogen-bond donors (Lipinski definition) is 1. The summed E-state index contributed by atoms with van der Waals surface area (Å²) in [5, 5.41) is 9.46. The number of carboxylic acids is 1. The van der Waals surface area contributed by atoms with Gasteiger partial charge in [-0.05, 0) is 33.3 Å². The molecule has 19 heavy (non-hydrogen) atoms. The van der Waals surface area contributed by atoms with Crippen LogP contribution < -0.4 is 0 Å². The van der Waals surface area contributed by atoms with Crippen LogP contribution in [-0.4, -0.2) is 34.6 Å². The van der Waals surface area contributed by atoms with Gasteiger partial charge in [-0.2, -0.15) is 0 Å². The fraction of sp³-hybridized carbons (Fsp3) is 0.562. The zero-order valence-corrected chi connectivity index (χ0v) is 12.2. The van der Waals surface area contributed by atoms with Crippen LogP contribution in [0, 0.1) is 12.8 Å². The van der Waals surface area contributed by atoms with Gasteiger partial charge >= 0.3 is 5.97 Å². The molecule has 1 saturated heterocycles. The molecule has 2 rings (SSSR count). The molecule has 1 aliphatic heterocycles. The second-order valence-corrected chi connectivity index (χ2v) is 6.54. The summed E-state index contributed by atoms with van der Waals surface area (Å²) in [7, 11) is 0. The first-order chi connectivity index (χ1) is 8.79. The van der Waals surface area contributed by atoms with Crippen LogP contribution >= 0.6 is 0 Å². The molecule has 3 nitrogen and oxygen atoms in total. The van der Waals surface area contributed by atoms with Gasteiger partial charge in [-0.1, -0.05) is 29.8 Å². The third-order valence-corrected chi connectivity index (χ3v) is 4.09. The lowest BCUT2D eigenvalue weighted by Crippen LogP contribution is -2.40. The maximum atomic E-state index is 11.5. The molecule has 0 radical (unpaired) electrons. The zero-order valence-electron chi connectivity index (χ0n) is 12.2. The Morgan fingerprint density at radius 1 is 1.21 bits per heavy atom. The number of nitrogens with zero attached hydrogens (tertiary/aromatic N) is 1. The van der Waals surface area contributed by atoms with E-state index in [0.717, 1.165) is 12.1 Å². The van der Waals surface area contributed by atoms with Crippen molar-refractivity contribution >= 4 is 5.97 Å². The van der Waals surface area contributed by atoms with Crippen LogP contribution in [0.25, 0.3) is 0 Å². The number of carboxylic acid groups (broad SMARTS) is 1. The Balaban J connectivity index is 2.27. The Bertz CT molecular complexity index is 459. The molecule has 0 unspecified atom stereocenters. The number of benzene rings is 1. The van der Waals surface area contributed by atoms with Crippen LogP contribution in [0.15, 0.2) is 24.3 Å². The molecule has 104 valence electrons. The van der Waals surface area contributed by atoms with E-state index >= 15 is 0 Å². The average Bonchev–Trinajstić information content (AvgIpc) is 2.74. The molecule has 0 saturated carbocycles. The molecule has 1 heterocycles. The van der Waals surface area contributed by atoms with E-state index in [4.69, 9.17) is 0 Å². The van der Waals surface area contributed by atoms with Crippen LogP contribution in [0.5, 0.6) is 0 Å². The first-order valence-electron chi connectivity index (χ1n) is 6.83. The maximum absolute atomic E-state index is 11.5. The van der Waals surface area contributed by atoms with Crippen molar-refractivity contribution in [1.29, 1.82) is 0 Å². The van der Waals surface area contributed by atoms with Crippen LogP contribution in [0.3, 0.4) is 0 Å². The van der Waals surface area contributed by atoms with Crippen molar-refractivity contribution in [2.75, 3.05) is 13.1 Å². The SMILES string of the molecule is Cc1ccc([C@@H]2CN(C(C)(C)C)C[C@H]2C(=O)O)cc1. The minimum absolute atomic E-state index is 0.0210. The van der Waals surface area contributed by atoms with Gasteiger partial charge in [0, 0.05) is 24.5 Å². The lowest BCUT2D eigenvalue weighted by atomic mass is 9.89. The lowest BCUT2D eigenvalue weighted by Gasteiger charge is -2.31. The van der Waals surface area contributed by atoms with Crippen molar-refractivity contribution in [3.63, 3.8) is 0 Å². The summed E-state index contributed by atoms with van der Waals surface area (Å²) in [6.07, 6.45) is 0. The molecule has 1 aromatic rings. The minimum atomic E-state index is -0.683. The number of aryl methyl sites for hydroxylation is 1. The monoisotopic (exact) mass is 261 g/mol. The van der Waals surface area contributed by atoms with E-state index in [2.05, 4.69) is 56.9 Å². The number of likely N-dealkylation sites (tertiary alicyclic amines) is 1. The molecular formula is C16H23NO2. The molecule has 1 fully saturated rings. The fourth-order valence-electron chi connectivity index (χ4n) is 2.75. The molecule has 1 N–H and O–H groups in total. The summed E-state index contributed by atoms with van der Waals surface area (Å²) >= 11 is 0. The first kappa shape index (κ1) is 14.1. The Morgan fingerprint density at radius 3 is 2.26 bits per heavy atom. The van der Waals surface area contributed by atoms with Gasteiger partial charge in [0.05, 0.1) is 5.92 Å².